The Hall–Kier alpha value is -1.22. The second-order valence-corrected chi connectivity index (χ2v) is 6.90. The van der Waals surface area contributed by atoms with Gasteiger partial charge in [0.15, 0.2) is 0 Å². The van der Waals surface area contributed by atoms with E-state index in [2.05, 4.69) is 31.4 Å². The Kier molecular flexibility index (Phi) is 3.87. The average Bonchev–Trinajstić information content (AvgIpc) is 2.91. The van der Waals surface area contributed by atoms with Gasteiger partial charge in [0.05, 0.1) is 18.0 Å². The van der Waals surface area contributed by atoms with Crippen LogP contribution in [0.2, 0.25) is 0 Å². The van der Waals surface area contributed by atoms with Crippen molar-refractivity contribution in [1.82, 2.24) is 9.55 Å². The highest BCUT2D eigenvalue weighted by molar-refractivity contribution is 6.16. The third-order valence-corrected chi connectivity index (χ3v) is 4.76. The number of halogens is 1. The number of imidazole rings is 1. The number of hydrogen-bond acceptors (Lipinski definition) is 2. The summed E-state index contributed by atoms with van der Waals surface area (Å²) in [6.07, 6.45) is 2.27. The predicted octanol–water partition coefficient (Wildman–Crippen LogP) is 4.61. The molecule has 0 saturated heterocycles. The highest BCUT2D eigenvalue weighted by Crippen LogP contribution is 2.52. The van der Waals surface area contributed by atoms with Gasteiger partial charge >= 0.3 is 0 Å². The molecule has 3 nitrogen and oxygen atoms in total. The fourth-order valence-corrected chi connectivity index (χ4v) is 3.12. The molecule has 1 aliphatic rings. The molecule has 0 bridgehead atoms. The molecular weight excluding hydrogens is 284 g/mol. The van der Waals surface area contributed by atoms with Crippen molar-refractivity contribution in [2.45, 2.75) is 46.0 Å². The van der Waals surface area contributed by atoms with Crippen LogP contribution in [0.4, 0.5) is 0 Å². The molecule has 1 aliphatic carbocycles. The van der Waals surface area contributed by atoms with E-state index in [1.54, 1.807) is 0 Å². The molecule has 1 atom stereocenters. The third kappa shape index (κ3) is 2.76. The summed E-state index contributed by atoms with van der Waals surface area (Å²) >= 11 is 6.11. The molecule has 2 aromatic rings. The van der Waals surface area contributed by atoms with Crippen molar-refractivity contribution in [2.75, 3.05) is 6.61 Å². The highest BCUT2D eigenvalue weighted by atomic mass is 35.5. The van der Waals surface area contributed by atoms with Crippen LogP contribution in [0.3, 0.4) is 0 Å². The Bertz CT molecular complexity index is 648. The maximum Gasteiger partial charge on any atom is 0.147 e. The van der Waals surface area contributed by atoms with Crippen LogP contribution in [-0.4, -0.2) is 16.2 Å². The van der Waals surface area contributed by atoms with Crippen molar-refractivity contribution in [1.29, 1.82) is 0 Å². The monoisotopic (exact) mass is 306 g/mol. The van der Waals surface area contributed by atoms with E-state index in [1.165, 1.54) is 6.42 Å². The van der Waals surface area contributed by atoms with Gasteiger partial charge in [-0.05, 0) is 36.3 Å². The summed E-state index contributed by atoms with van der Waals surface area (Å²) in [4.78, 5) is 4.72. The average molecular weight is 307 g/mol. The van der Waals surface area contributed by atoms with Gasteiger partial charge in [0.1, 0.15) is 17.1 Å². The highest BCUT2D eigenvalue weighted by Gasteiger charge is 2.45. The number of ether oxygens (including phenoxy) is 1. The van der Waals surface area contributed by atoms with Crippen LogP contribution >= 0.6 is 11.6 Å². The number of hydrogen-bond donors (Lipinski definition) is 0. The van der Waals surface area contributed by atoms with Gasteiger partial charge in [-0.25, -0.2) is 4.98 Å². The maximum atomic E-state index is 6.11. The quantitative estimate of drug-likeness (QED) is 0.729. The van der Waals surface area contributed by atoms with Crippen LogP contribution in [0.25, 0.3) is 11.0 Å². The van der Waals surface area contributed by atoms with Crippen LogP contribution in [0.1, 0.15) is 39.4 Å². The molecule has 21 heavy (non-hydrogen) atoms. The molecule has 3 rings (SSSR count). The zero-order valence-corrected chi connectivity index (χ0v) is 13.8. The first-order valence-electron chi connectivity index (χ1n) is 7.73. The first-order chi connectivity index (χ1) is 10.1. The number of alkyl halides is 1. The lowest BCUT2D eigenvalue weighted by atomic mass is 10.1. The fraction of sp³-hybridized carbons (Fsp3) is 0.588. The molecule has 0 spiro atoms. The second kappa shape index (κ2) is 5.53. The van der Waals surface area contributed by atoms with E-state index in [4.69, 9.17) is 21.3 Å². The van der Waals surface area contributed by atoms with Gasteiger partial charge in [0.25, 0.3) is 0 Å². The molecule has 1 aromatic heterocycles. The van der Waals surface area contributed by atoms with Crippen molar-refractivity contribution in [3.05, 3.63) is 24.0 Å². The Labute approximate surface area is 131 Å². The van der Waals surface area contributed by atoms with Gasteiger partial charge in [0, 0.05) is 6.54 Å². The molecule has 1 heterocycles. The molecule has 0 aliphatic heterocycles. The van der Waals surface area contributed by atoms with Crippen molar-refractivity contribution in [3.8, 4) is 5.75 Å². The lowest BCUT2D eigenvalue weighted by Crippen LogP contribution is -2.07. The maximum absolute atomic E-state index is 6.11. The number of nitrogens with zero attached hydrogens (tertiary/aromatic N) is 2. The molecule has 1 aromatic carbocycles. The summed E-state index contributed by atoms with van der Waals surface area (Å²) < 4.78 is 8.10. The Morgan fingerprint density at radius 3 is 2.81 bits per heavy atom. The van der Waals surface area contributed by atoms with E-state index in [1.807, 2.05) is 12.1 Å². The van der Waals surface area contributed by atoms with Crippen molar-refractivity contribution < 1.29 is 4.74 Å². The molecule has 1 fully saturated rings. The van der Waals surface area contributed by atoms with Crippen molar-refractivity contribution >= 4 is 22.6 Å². The van der Waals surface area contributed by atoms with Gasteiger partial charge < -0.3 is 9.30 Å². The van der Waals surface area contributed by atoms with Gasteiger partial charge in [0.2, 0.25) is 0 Å². The Morgan fingerprint density at radius 2 is 2.19 bits per heavy atom. The fourth-order valence-electron chi connectivity index (χ4n) is 2.91. The van der Waals surface area contributed by atoms with Gasteiger partial charge in [-0.2, -0.15) is 0 Å². The normalized spacial score (nSPS) is 19.9. The number of fused-ring (bicyclic) bond motifs is 1. The molecule has 1 saturated carbocycles. The number of benzene rings is 1. The van der Waals surface area contributed by atoms with E-state index in [-0.39, 0.29) is 0 Å². The Morgan fingerprint density at radius 1 is 1.43 bits per heavy atom. The van der Waals surface area contributed by atoms with Gasteiger partial charge in [-0.3, -0.25) is 0 Å². The van der Waals surface area contributed by atoms with E-state index < -0.39 is 0 Å². The third-order valence-electron chi connectivity index (χ3n) is 4.52. The summed E-state index contributed by atoms with van der Waals surface area (Å²) in [5.41, 5.74) is 2.54. The number of rotatable bonds is 6. The van der Waals surface area contributed by atoms with E-state index >= 15 is 0 Å². The molecule has 0 radical (unpaired) electrons. The minimum atomic E-state index is 0.440. The number of para-hydroxylation sites is 1. The van der Waals surface area contributed by atoms with E-state index in [0.29, 0.717) is 11.3 Å². The lowest BCUT2D eigenvalue weighted by molar-refractivity contribution is 0.320. The molecule has 0 N–H and O–H groups in total. The van der Waals surface area contributed by atoms with Crippen LogP contribution < -0.4 is 4.74 Å². The summed E-state index contributed by atoms with van der Waals surface area (Å²) in [6.45, 7) is 8.48. The van der Waals surface area contributed by atoms with E-state index in [0.717, 1.165) is 48.1 Å². The van der Waals surface area contributed by atoms with Crippen molar-refractivity contribution in [3.63, 3.8) is 0 Å². The minimum Gasteiger partial charge on any atom is -0.491 e. The second-order valence-electron chi connectivity index (χ2n) is 6.63. The predicted molar refractivity (Wildman–Crippen MR) is 87.0 cm³/mol. The zero-order chi connectivity index (χ0) is 15.0. The van der Waals surface area contributed by atoms with Gasteiger partial charge in [-0.15, -0.1) is 11.6 Å². The largest absolute Gasteiger partial charge is 0.491 e. The first-order valence-corrected chi connectivity index (χ1v) is 8.27. The summed E-state index contributed by atoms with van der Waals surface area (Å²) in [5.74, 6) is 2.98. The standard InChI is InChI=1S/C17H23ClN2O/c1-4-8-21-14-7-5-6-13-16(14)19-15(10-18)20(13)11-12-9-17(12,2)3/h5-7,12H,4,8-11H2,1-3H3. The first kappa shape index (κ1) is 14.7. The van der Waals surface area contributed by atoms with Crippen molar-refractivity contribution in [2.24, 2.45) is 11.3 Å². The van der Waals surface area contributed by atoms with Crippen LogP contribution in [0.15, 0.2) is 18.2 Å². The lowest BCUT2D eigenvalue weighted by Gasteiger charge is -2.09. The molecular formula is C17H23ClN2O. The minimum absolute atomic E-state index is 0.440. The summed E-state index contributed by atoms with van der Waals surface area (Å²) in [5, 5.41) is 0. The van der Waals surface area contributed by atoms with Crippen LogP contribution in [0.5, 0.6) is 5.75 Å². The summed E-state index contributed by atoms with van der Waals surface area (Å²) in [7, 11) is 0. The Balaban J connectivity index is 1.98. The topological polar surface area (TPSA) is 27.1 Å². The smallest absolute Gasteiger partial charge is 0.147 e. The van der Waals surface area contributed by atoms with Gasteiger partial charge in [-0.1, -0.05) is 26.8 Å². The number of aromatic nitrogens is 2. The molecule has 0 amide bonds. The molecule has 114 valence electrons. The molecule has 4 heteroatoms. The van der Waals surface area contributed by atoms with Crippen LogP contribution in [0, 0.1) is 11.3 Å². The summed E-state index contributed by atoms with van der Waals surface area (Å²) in [6, 6.07) is 6.16. The molecule has 1 unspecified atom stereocenters. The SMILES string of the molecule is CCCOc1cccc2c1nc(CCl)n2CC1CC1(C)C. The van der Waals surface area contributed by atoms with E-state index in [9.17, 15) is 0 Å². The van der Waals surface area contributed by atoms with Crippen LogP contribution in [-0.2, 0) is 12.4 Å². The zero-order valence-electron chi connectivity index (χ0n) is 13.0.